The number of halogens is 1. The number of rotatable bonds is 6. The van der Waals surface area contributed by atoms with E-state index in [1.165, 1.54) is 18.2 Å². The number of benzene rings is 1. The van der Waals surface area contributed by atoms with Crippen LogP contribution in [0.3, 0.4) is 0 Å². The number of nitrogens with one attached hydrogen (secondary N) is 1. The highest BCUT2D eigenvalue weighted by Gasteiger charge is 2.10. The van der Waals surface area contributed by atoms with Gasteiger partial charge in [0, 0.05) is 7.05 Å². The van der Waals surface area contributed by atoms with Crippen molar-refractivity contribution in [2.24, 2.45) is 0 Å². The van der Waals surface area contributed by atoms with Gasteiger partial charge >= 0.3 is 12.0 Å². The van der Waals surface area contributed by atoms with Crippen LogP contribution in [0.15, 0.2) is 18.2 Å². The molecule has 0 radical (unpaired) electrons. The number of hydrogen-bond donors (Lipinski definition) is 1. The molecule has 112 valence electrons. The number of aromatic nitrogens is 3. The molecule has 1 aromatic heterocycles. The normalized spacial score (nSPS) is 10.3. The van der Waals surface area contributed by atoms with Crippen molar-refractivity contribution < 1.29 is 13.9 Å². The fourth-order valence-corrected chi connectivity index (χ4v) is 1.58. The van der Waals surface area contributed by atoms with E-state index in [4.69, 9.17) is 9.47 Å². The third-order valence-electron chi connectivity index (χ3n) is 2.59. The molecule has 2 rings (SSSR count). The highest BCUT2D eigenvalue weighted by molar-refractivity contribution is 5.35. The van der Waals surface area contributed by atoms with E-state index in [1.807, 2.05) is 6.92 Å². The molecule has 0 aliphatic carbocycles. The van der Waals surface area contributed by atoms with E-state index in [1.54, 1.807) is 14.0 Å². The zero-order valence-electron chi connectivity index (χ0n) is 12.2. The van der Waals surface area contributed by atoms with Gasteiger partial charge < -0.3 is 14.8 Å². The van der Waals surface area contributed by atoms with Gasteiger partial charge in [-0.15, -0.1) is 4.98 Å². The van der Waals surface area contributed by atoms with Gasteiger partial charge in [-0.2, -0.15) is 9.97 Å². The lowest BCUT2D eigenvalue weighted by Gasteiger charge is -2.09. The zero-order chi connectivity index (χ0) is 15.2. The average Bonchev–Trinajstić information content (AvgIpc) is 2.48. The Balaban J connectivity index is 2.25. The monoisotopic (exact) mass is 292 g/mol. The first-order valence-electron chi connectivity index (χ1n) is 6.63. The first-order valence-corrected chi connectivity index (χ1v) is 6.63. The lowest BCUT2D eigenvalue weighted by molar-refractivity contribution is 0.285. The predicted octanol–water partition coefficient (Wildman–Crippen LogP) is 2.94. The van der Waals surface area contributed by atoms with Crippen LogP contribution in [0.25, 0.3) is 0 Å². The molecule has 0 aliphatic rings. The standard InChI is InChI=1S/C14H17FN4O2/c1-4-7-20-13-17-12(16-3)18-14(19-13)21-11-6-5-10(15)8-9(11)2/h5-6,8H,4,7H2,1-3H3,(H,16,17,18,19). The first kappa shape index (κ1) is 15.0. The van der Waals surface area contributed by atoms with E-state index in [2.05, 4.69) is 20.3 Å². The molecule has 0 atom stereocenters. The number of anilines is 1. The summed E-state index contributed by atoms with van der Waals surface area (Å²) in [6, 6.07) is 4.50. The van der Waals surface area contributed by atoms with E-state index in [9.17, 15) is 4.39 Å². The molecule has 7 heteroatoms. The second-order valence-corrected chi connectivity index (χ2v) is 4.33. The second kappa shape index (κ2) is 6.83. The molecule has 0 saturated carbocycles. The van der Waals surface area contributed by atoms with Gasteiger partial charge in [0.2, 0.25) is 5.95 Å². The first-order chi connectivity index (χ1) is 10.1. The van der Waals surface area contributed by atoms with Gasteiger partial charge in [0.1, 0.15) is 11.6 Å². The van der Waals surface area contributed by atoms with E-state index in [0.29, 0.717) is 23.9 Å². The van der Waals surface area contributed by atoms with Crippen LogP contribution in [-0.2, 0) is 0 Å². The maximum absolute atomic E-state index is 13.1. The Labute approximate surface area is 122 Å². The van der Waals surface area contributed by atoms with E-state index in [0.717, 1.165) is 6.42 Å². The Bertz CT molecular complexity index is 622. The van der Waals surface area contributed by atoms with Crippen molar-refractivity contribution in [3.8, 4) is 17.8 Å². The van der Waals surface area contributed by atoms with Crippen molar-refractivity contribution in [2.75, 3.05) is 19.0 Å². The van der Waals surface area contributed by atoms with Crippen LogP contribution in [0, 0.1) is 12.7 Å². The summed E-state index contributed by atoms with van der Waals surface area (Å²) in [6.07, 6.45) is 0.841. The summed E-state index contributed by atoms with van der Waals surface area (Å²) in [5.74, 6) is 0.496. The fourth-order valence-electron chi connectivity index (χ4n) is 1.58. The van der Waals surface area contributed by atoms with Crippen LogP contribution >= 0.6 is 0 Å². The molecule has 1 heterocycles. The lowest BCUT2D eigenvalue weighted by Crippen LogP contribution is -2.06. The third kappa shape index (κ3) is 4.01. The molecular formula is C14H17FN4O2. The van der Waals surface area contributed by atoms with Crippen molar-refractivity contribution in [3.05, 3.63) is 29.6 Å². The summed E-state index contributed by atoms with van der Waals surface area (Å²) in [6.45, 7) is 4.23. The molecule has 0 unspecified atom stereocenters. The molecule has 1 N–H and O–H groups in total. The van der Waals surface area contributed by atoms with Crippen LogP contribution in [0.1, 0.15) is 18.9 Å². The summed E-state index contributed by atoms with van der Waals surface area (Å²) < 4.78 is 24.0. The van der Waals surface area contributed by atoms with Crippen molar-refractivity contribution in [1.82, 2.24) is 15.0 Å². The Kier molecular flexibility index (Phi) is 4.86. The maximum atomic E-state index is 13.1. The summed E-state index contributed by atoms with van der Waals surface area (Å²) in [7, 11) is 1.69. The van der Waals surface area contributed by atoms with E-state index < -0.39 is 0 Å². The van der Waals surface area contributed by atoms with Crippen molar-refractivity contribution in [3.63, 3.8) is 0 Å². The smallest absolute Gasteiger partial charge is 0.330 e. The van der Waals surface area contributed by atoms with Crippen LogP contribution in [0.4, 0.5) is 10.3 Å². The third-order valence-corrected chi connectivity index (χ3v) is 2.59. The van der Waals surface area contributed by atoms with Gasteiger partial charge in [-0.1, -0.05) is 6.92 Å². The molecule has 0 amide bonds. The highest BCUT2D eigenvalue weighted by atomic mass is 19.1. The number of ether oxygens (including phenoxy) is 2. The molecule has 0 bridgehead atoms. The summed E-state index contributed by atoms with van der Waals surface area (Å²) in [4.78, 5) is 12.2. The van der Waals surface area contributed by atoms with Gasteiger partial charge in [0.25, 0.3) is 0 Å². The number of aryl methyl sites for hydroxylation is 1. The quantitative estimate of drug-likeness (QED) is 0.882. The van der Waals surface area contributed by atoms with Crippen molar-refractivity contribution >= 4 is 5.95 Å². The lowest BCUT2D eigenvalue weighted by atomic mass is 10.2. The Hall–Kier alpha value is -2.44. The molecular weight excluding hydrogens is 275 g/mol. The maximum Gasteiger partial charge on any atom is 0.330 e. The minimum atomic E-state index is -0.321. The molecule has 6 nitrogen and oxygen atoms in total. The van der Waals surface area contributed by atoms with Gasteiger partial charge in [0.15, 0.2) is 0 Å². The average molecular weight is 292 g/mol. The SMILES string of the molecule is CCCOc1nc(NC)nc(Oc2ccc(F)cc2C)n1. The molecule has 0 spiro atoms. The second-order valence-electron chi connectivity index (χ2n) is 4.33. The number of nitrogens with zero attached hydrogens (tertiary/aromatic N) is 3. The van der Waals surface area contributed by atoms with Gasteiger partial charge in [0.05, 0.1) is 6.61 Å². The predicted molar refractivity (Wildman–Crippen MR) is 76.4 cm³/mol. The molecule has 0 saturated heterocycles. The van der Waals surface area contributed by atoms with Crippen molar-refractivity contribution in [1.29, 1.82) is 0 Å². The molecule has 2 aromatic rings. The molecule has 21 heavy (non-hydrogen) atoms. The molecule has 1 aromatic carbocycles. The molecule has 0 fully saturated rings. The van der Waals surface area contributed by atoms with E-state index in [-0.39, 0.29) is 17.8 Å². The Morgan fingerprint density at radius 2 is 1.95 bits per heavy atom. The minimum absolute atomic E-state index is 0.0927. The highest BCUT2D eigenvalue weighted by Crippen LogP contribution is 2.24. The van der Waals surface area contributed by atoms with Gasteiger partial charge in [-0.3, -0.25) is 0 Å². The minimum Gasteiger partial charge on any atom is -0.463 e. The summed E-state index contributed by atoms with van der Waals surface area (Å²) >= 11 is 0. The van der Waals surface area contributed by atoms with Crippen molar-refractivity contribution in [2.45, 2.75) is 20.3 Å². The summed E-state index contributed by atoms with van der Waals surface area (Å²) in [5, 5.41) is 2.81. The van der Waals surface area contributed by atoms with E-state index >= 15 is 0 Å². The van der Waals surface area contributed by atoms with Crippen LogP contribution in [0.2, 0.25) is 0 Å². The van der Waals surface area contributed by atoms with Crippen LogP contribution in [-0.4, -0.2) is 28.6 Å². The molecule has 0 aliphatic heterocycles. The topological polar surface area (TPSA) is 69.2 Å². The van der Waals surface area contributed by atoms with Gasteiger partial charge in [-0.25, -0.2) is 4.39 Å². The fraction of sp³-hybridized carbons (Fsp3) is 0.357. The Morgan fingerprint density at radius 3 is 2.62 bits per heavy atom. The summed E-state index contributed by atoms with van der Waals surface area (Å²) in [5.41, 5.74) is 0.650. The zero-order valence-corrected chi connectivity index (χ0v) is 12.2. The van der Waals surface area contributed by atoms with Crippen LogP contribution in [0.5, 0.6) is 17.8 Å². The van der Waals surface area contributed by atoms with Crippen LogP contribution < -0.4 is 14.8 Å². The number of hydrogen-bond acceptors (Lipinski definition) is 6. The largest absolute Gasteiger partial charge is 0.463 e. The Morgan fingerprint density at radius 1 is 1.19 bits per heavy atom. The van der Waals surface area contributed by atoms with Gasteiger partial charge in [-0.05, 0) is 37.1 Å².